The number of hydrogen-bond acceptors (Lipinski definition) is 5. The molecule has 0 fully saturated rings. The molecule has 1 heterocycles. The molecule has 9 heteroatoms. The Morgan fingerprint density at radius 3 is 2.84 bits per heavy atom. The Morgan fingerprint density at radius 2 is 2.26 bits per heavy atom. The van der Waals surface area contributed by atoms with E-state index in [1.165, 1.54) is 15.8 Å². The third-order valence-corrected chi connectivity index (χ3v) is 2.34. The van der Waals surface area contributed by atoms with Crippen LogP contribution in [-0.4, -0.2) is 61.8 Å². The van der Waals surface area contributed by atoms with Crippen molar-refractivity contribution in [2.75, 3.05) is 19.7 Å². The van der Waals surface area contributed by atoms with E-state index in [4.69, 9.17) is 10.2 Å². The molecule has 0 atom stereocenters. The van der Waals surface area contributed by atoms with Crippen molar-refractivity contribution in [3.8, 4) is 0 Å². The summed E-state index contributed by atoms with van der Waals surface area (Å²) in [6.45, 7) is 2.33. The van der Waals surface area contributed by atoms with Crippen molar-refractivity contribution in [3.05, 3.63) is 11.9 Å². The third kappa shape index (κ3) is 4.92. The summed E-state index contributed by atoms with van der Waals surface area (Å²) in [5.41, 5.74) is 0.467. The molecule has 0 aliphatic heterocycles. The number of carbonyl (C=O) groups excluding carboxylic acids is 1. The summed E-state index contributed by atoms with van der Waals surface area (Å²) in [6.07, 6.45) is 1.46. The van der Waals surface area contributed by atoms with Crippen molar-refractivity contribution in [3.63, 3.8) is 0 Å². The first-order valence-corrected chi connectivity index (χ1v) is 5.81. The first-order chi connectivity index (χ1) is 9.06. The van der Waals surface area contributed by atoms with E-state index >= 15 is 0 Å². The molecule has 3 N–H and O–H groups in total. The number of nitrogens with one attached hydrogen (secondary N) is 1. The van der Waals surface area contributed by atoms with E-state index in [9.17, 15) is 9.59 Å². The molecule has 106 valence electrons. The molecule has 0 bridgehead atoms. The lowest BCUT2D eigenvalue weighted by Gasteiger charge is -2.19. The van der Waals surface area contributed by atoms with Gasteiger partial charge in [0.05, 0.1) is 19.3 Å². The summed E-state index contributed by atoms with van der Waals surface area (Å²) < 4.78 is 1.18. The minimum atomic E-state index is -1.01. The van der Waals surface area contributed by atoms with Crippen molar-refractivity contribution in [2.45, 2.75) is 20.0 Å². The number of nitrogens with zero attached hydrogens (tertiary/aromatic N) is 4. The molecule has 0 aromatic carbocycles. The van der Waals surface area contributed by atoms with Gasteiger partial charge in [0.25, 0.3) is 0 Å². The van der Waals surface area contributed by atoms with Gasteiger partial charge in [0.1, 0.15) is 12.2 Å². The molecule has 0 saturated carbocycles. The summed E-state index contributed by atoms with van der Waals surface area (Å²) in [6, 6.07) is -0.315. The van der Waals surface area contributed by atoms with Gasteiger partial charge in [-0.15, -0.1) is 5.10 Å². The van der Waals surface area contributed by atoms with E-state index in [0.29, 0.717) is 12.2 Å². The van der Waals surface area contributed by atoms with Gasteiger partial charge in [0.15, 0.2) is 0 Å². The summed E-state index contributed by atoms with van der Waals surface area (Å²) in [7, 11) is 0. The van der Waals surface area contributed by atoms with Crippen LogP contribution in [-0.2, 0) is 17.9 Å². The predicted molar refractivity (Wildman–Crippen MR) is 64.2 cm³/mol. The van der Waals surface area contributed by atoms with Gasteiger partial charge < -0.3 is 20.4 Å². The summed E-state index contributed by atoms with van der Waals surface area (Å²) in [5, 5.41) is 27.3. The highest BCUT2D eigenvalue weighted by molar-refractivity contribution is 5.74. The van der Waals surface area contributed by atoms with E-state index in [1.54, 1.807) is 6.92 Å². The molecule has 0 unspecified atom stereocenters. The SMILES string of the molecule is CCN(CCO)C(=O)NCc1cn(CC(=O)O)nn1. The fraction of sp³-hybridized carbons (Fsp3) is 0.600. The van der Waals surface area contributed by atoms with Gasteiger partial charge in [-0.05, 0) is 6.92 Å². The van der Waals surface area contributed by atoms with Gasteiger partial charge >= 0.3 is 12.0 Å². The fourth-order valence-electron chi connectivity index (χ4n) is 1.44. The molecule has 2 amide bonds. The summed E-state index contributed by atoms with van der Waals surface area (Å²) in [5.74, 6) is -1.01. The molecule has 1 aromatic rings. The third-order valence-electron chi connectivity index (χ3n) is 2.34. The van der Waals surface area contributed by atoms with Crippen molar-refractivity contribution >= 4 is 12.0 Å². The number of carbonyl (C=O) groups is 2. The molecule has 19 heavy (non-hydrogen) atoms. The Bertz CT molecular complexity index is 433. The molecule has 9 nitrogen and oxygen atoms in total. The van der Waals surface area contributed by atoms with E-state index in [1.807, 2.05) is 0 Å². The van der Waals surface area contributed by atoms with Crippen LogP contribution >= 0.6 is 0 Å². The van der Waals surface area contributed by atoms with Crippen LogP contribution in [0.4, 0.5) is 4.79 Å². The number of carboxylic acid groups (broad SMARTS) is 1. The largest absolute Gasteiger partial charge is 0.480 e. The van der Waals surface area contributed by atoms with Crippen LogP contribution in [0.25, 0.3) is 0 Å². The Hall–Kier alpha value is -2.16. The van der Waals surface area contributed by atoms with Crippen molar-refractivity contribution < 1.29 is 19.8 Å². The molecular formula is C10H17N5O4. The zero-order chi connectivity index (χ0) is 14.3. The highest BCUT2D eigenvalue weighted by Crippen LogP contribution is 1.95. The van der Waals surface area contributed by atoms with Gasteiger partial charge in [0.2, 0.25) is 0 Å². The number of hydrogen-bond donors (Lipinski definition) is 3. The van der Waals surface area contributed by atoms with Gasteiger partial charge in [-0.2, -0.15) is 0 Å². The van der Waals surface area contributed by atoms with Crippen LogP contribution in [0, 0.1) is 0 Å². The summed E-state index contributed by atoms with van der Waals surface area (Å²) in [4.78, 5) is 23.6. The number of aliphatic hydroxyl groups is 1. The number of aliphatic carboxylic acids is 1. The number of likely N-dealkylation sites (N-methyl/N-ethyl adjacent to an activating group) is 1. The Labute approximate surface area is 109 Å². The van der Waals surface area contributed by atoms with E-state index < -0.39 is 5.97 Å². The maximum absolute atomic E-state index is 11.7. The number of aliphatic hydroxyl groups excluding tert-OH is 1. The van der Waals surface area contributed by atoms with Gasteiger partial charge in [-0.25, -0.2) is 9.48 Å². The van der Waals surface area contributed by atoms with Crippen LogP contribution in [0.15, 0.2) is 6.20 Å². The number of amides is 2. The lowest BCUT2D eigenvalue weighted by atomic mass is 10.4. The topological polar surface area (TPSA) is 121 Å². The van der Waals surface area contributed by atoms with Gasteiger partial charge in [-0.3, -0.25) is 4.79 Å². The molecule has 0 aliphatic carbocycles. The number of aromatic nitrogens is 3. The molecule has 1 aromatic heterocycles. The Morgan fingerprint density at radius 1 is 1.53 bits per heavy atom. The number of rotatable bonds is 7. The second-order valence-electron chi connectivity index (χ2n) is 3.76. The number of carboxylic acids is 1. The van der Waals surface area contributed by atoms with E-state index in [0.717, 1.165) is 0 Å². The Balaban J connectivity index is 2.45. The molecule has 1 rings (SSSR count). The molecular weight excluding hydrogens is 254 g/mol. The molecule has 0 saturated heterocycles. The van der Waals surface area contributed by atoms with Gasteiger partial charge in [-0.1, -0.05) is 5.21 Å². The van der Waals surface area contributed by atoms with Crippen LogP contribution in [0.2, 0.25) is 0 Å². The fourth-order valence-corrected chi connectivity index (χ4v) is 1.44. The van der Waals surface area contributed by atoms with E-state index in [2.05, 4.69) is 15.6 Å². The Kier molecular flexibility index (Phi) is 5.73. The van der Waals surface area contributed by atoms with Crippen molar-refractivity contribution in [1.82, 2.24) is 25.2 Å². The highest BCUT2D eigenvalue weighted by atomic mass is 16.4. The first kappa shape index (κ1) is 14.9. The van der Waals surface area contributed by atoms with Crippen molar-refractivity contribution in [1.29, 1.82) is 0 Å². The zero-order valence-corrected chi connectivity index (χ0v) is 10.6. The van der Waals surface area contributed by atoms with Crippen molar-refractivity contribution in [2.24, 2.45) is 0 Å². The number of urea groups is 1. The normalized spacial score (nSPS) is 10.2. The standard InChI is InChI=1S/C10H17N5O4/c1-2-14(3-4-16)10(19)11-5-8-6-15(13-12-8)7-9(17)18/h6,16H,2-5,7H2,1H3,(H,11,19)(H,17,18). The lowest BCUT2D eigenvalue weighted by Crippen LogP contribution is -2.41. The molecule has 0 spiro atoms. The smallest absolute Gasteiger partial charge is 0.325 e. The monoisotopic (exact) mass is 271 g/mol. The highest BCUT2D eigenvalue weighted by Gasteiger charge is 2.11. The van der Waals surface area contributed by atoms with Crippen LogP contribution < -0.4 is 5.32 Å². The molecule has 0 radical (unpaired) electrons. The minimum absolute atomic E-state index is 0.101. The van der Waals surface area contributed by atoms with Crippen LogP contribution in [0.3, 0.4) is 0 Å². The zero-order valence-electron chi connectivity index (χ0n) is 10.6. The first-order valence-electron chi connectivity index (χ1n) is 5.81. The van der Waals surface area contributed by atoms with E-state index in [-0.39, 0.29) is 32.3 Å². The van der Waals surface area contributed by atoms with Crippen LogP contribution in [0.1, 0.15) is 12.6 Å². The van der Waals surface area contributed by atoms with Crippen LogP contribution in [0.5, 0.6) is 0 Å². The predicted octanol–water partition coefficient (Wildman–Crippen LogP) is -1.11. The minimum Gasteiger partial charge on any atom is -0.480 e. The second kappa shape index (κ2) is 7.31. The average molecular weight is 271 g/mol. The van der Waals surface area contributed by atoms with Gasteiger partial charge in [0, 0.05) is 13.1 Å². The molecule has 0 aliphatic rings. The maximum Gasteiger partial charge on any atom is 0.325 e. The lowest BCUT2D eigenvalue weighted by molar-refractivity contribution is -0.137. The maximum atomic E-state index is 11.7. The summed E-state index contributed by atoms with van der Waals surface area (Å²) >= 11 is 0. The average Bonchev–Trinajstić information content (AvgIpc) is 2.79. The quantitative estimate of drug-likeness (QED) is 0.578. The second-order valence-corrected chi connectivity index (χ2v) is 3.76.